The smallest absolute Gasteiger partial charge is 0.204 e. The quantitative estimate of drug-likeness (QED) is 0.546. The van der Waals surface area contributed by atoms with Crippen LogP contribution in [0, 0.1) is 0 Å². The number of carbonyl (C=O) groups is 1. The van der Waals surface area contributed by atoms with E-state index in [-0.39, 0.29) is 5.78 Å². The van der Waals surface area contributed by atoms with Crippen molar-refractivity contribution in [2.75, 3.05) is 60.3 Å². The Hall–Kier alpha value is -1.51. The van der Waals surface area contributed by atoms with Gasteiger partial charge in [0.1, 0.15) is 4.32 Å². The Balaban J connectivity index is 2.08. The van der Waals surface area contributed by atoms with Gasteiger partial charge in [-0.25, -0.2) is 0 Å². The number of piperazine rings is 1. The molecule has 1 fully saturated rings. The average Bonchev–Trinajstić information content (AvgIpc) is 2.66. The highest BCUT2D eigenvalue weighted by atomic mass is 32.2. The maximum absolute atomic E-state index is 12.8. The Morgan fingerprint density at radius 3 is 2.24 bits per heavy atom. The first-order valence-electron chi connectivity index (χ1n) is 7.93. The van der Waals surface area contributed by atoms with Gasteiger partial charge in [0.2, 0.25) is 5.75 Å². The molecule has 0 saturated carbocycles. The molecule has 2 rings (SSSR count). The Labute approximate surface area is 158 Å². The van der Waals surface area contributed by atoms with Gasteiger partial charge in [0.05, 0.1) is 33.4 Å². The predicted molar refractivity (Wildman–Crippen MR) is 105 cm³/mol. The molecule has 0 amide bonds. The molecule has 6 nitrogen and oxygen atoms in total. The van der Waals surface area contributed by atoms with Gasteiger partial charge in [-0.3, -0.25) is 9.69 Å². The second-order valence-corrected chi connectivity index (χ2v) is 6.98. The van der Waals surface area contributed by atoms with Gasteiger partial charge >= 0.3 is 0 Å². The molecule has 1 aromatic rings. The Morgan fingerprint density at radius 2 is 1.72 bits per heavy atom. The molecule has 1 aromatic carbocycles. The molecule has 0 aromatic heterocycles. The molecule has 1 saturated heterocycles. The van der Waals surface area contributed by atoms with Crippen LogP contribution in [0.15, 0.2) is 12.1 Å². The Kier molecular flexibility index (Phi) is 7.34. The van der Waals surface area contributed by atoms with Gasteiger partial charge in [0.15, 0.2) is 17.3 Å². The van der Waals surface area contributed by atoms with Gasteiger partial charge in [-0.1, -0.05) is 12.2 Å². The molecule has 0 bridgehead atoms. The summed E-state index contributed by atoms with van der Waals surface area (Å²) in [4.78, 5) is 17.1. The van der Waals surface area contributed by atoms with Gasteiger partial charge in [-0.2, -0.15) is 0 Å². The molecule has 0 N–H and O–H groups in total. The van der Waals surface area contributed by atoms with E-state index in [9.17, 15) is 4.79 Å². The molecule has 0 spiro atoms. The summed E-state index contributed by atoms with van der Waals surface area (Å²) in [5.41, 5.74) is 0.502. The van der Waals surface area contributed by atoms with Crippen LogP contribution in [-0.4, -0.2) is 80.2 Å². The summed E-state index contributed by atoms with van der Waals surface area (Å²) < 4.78 is 16.9. The van der Waals surface area contributed by atoms with Crippen molar-refractivity contribution in [1.82, 2.24) is 9.80 Å². The van der Waals surface area contributed by atoms with E-state index >= 15 is 0 Å². The summed E-state index contributed by atoms with van der Waals surface area (Å²) in [5.74, 6) is 1.38. The van der Waals surface area contributed by atoms with Gasteiger partial charge < -0.3 is 19.1 Å². The topological polar surface area (TPSA) is 51.2 Å². The average molecular weight is 385 g/mol. The fourth-order valence-corrected chi connectivity index (χ4v) is 3.45. The number of methoxy groups -OCH3 is 3. The third kappa shape index (κ3) is 4.56. The van der Waals surface area contributed by atoms with E-state index in [0.29, 0.717) is 29.4 Å². The number of hydrogen-bond donors (Lipinski definition) is 0. The third-order valence-electron chi connectivity index (χ3n) is 4.18. The lowest BCUT2D eigenvalue weighted by molar-refractivity contribution is 0.0895. The van der Waals surface area contributed by atoms with Crippen LogP contribution in [0.4, 0.5) is 0 Å². The number of ketones is 1. The third-order valence-corrected chi connectivity index (χ3v) is 5.54. The summed E-state index contributed by atoms with van der Waals surface area (Å²) in [6.07, 6.45) is 1.99. The van der Waals surface area contributed by atoms with Crippen LogP contribution in [0.2, 0.25) is 0 Å². The standard InChI is InChI=1S/C17H24N2O4S2/c1-21-14-6-5-12(15(22-2)16(14)23-3)13(20)11-18-7-9-19(10-8-18)17(24)25-4/h5-6H,7-11H2,1-4H3. The summed E-state index contributed by atoms with van der Waals surface area (Å²) in [5, 5.41) is 0. The number of thiocarbonyl (C=S) groups is 1. The van der Waals surface area contributed by atoms with Crippen LogP contribution < -0.4 is 14.2 Å². The minimum absolute atomic E-state index is 0.00121. The molecule has 0 radical (unpaired) electrons. The minimum atomic E-state index is -0.00121. The first-order chi connectivity index (χ1) is 12.0. The van der Waals surface area contributed by atoms with Crippen molar-refractivity contribution in [3.05, 3.63) is 17.7 Å². The van der Waals surface area contributed by atoms with Gasteiger partial charge in [-0.05, 0) is 18.4 Å². The second-order valence-electron chi connectivity index (χ2n) is 5.54. The summed E-state index contributed by atoms with van der Waals surface area (Å²) in [6.45, 7) is 3.64. The zero-order valence-electron chi connectivity index (χ0n) is 15.0. The van der Waals surface area contributed by atoms with Crippen molar-refractivity contribution >= 4 is 34.1 Å². The number of nitrogens with zero attached hydrogens (tertiary/aromatic N) is 2. The molecular formula is C17H24N2O4S2. The number of carbonyl (C=O) groups excluding carboxylic acids is 1. The fraction of sp³-hybridized carbons (Fsp3) is 0.529. The van der Waals surface area contributed by atoms with E-state index in [2.05, 4.69) is 9.80 Å². The molecule has 0 atom stereocenters. The highest BCUT2D eigenvalue weighted by Crippen LogP contribution is 2.39. The number of rotatable bonds is 6. The van der Waals surface area contributed by atoms with Gasteiger partial charge in [0.25, 0.3) is 0 Å². The Morgan fingerprint density at radius 1 is 1.08 bits per heavy atom. The van der Waals surface area contributed by atoms with Crippen LogP contribution in [0.3, 0.4) is 0 Å². The molecule has 138 valence electrons. The highest BCUT2D eigenvalue weighted by molar-refractivity contribution is 8.22. The minimum Gasteiger partial charge on any atom is -0.493 e. The summed E-state index contributed by atoms with van der Waals surface area (Å²) in [7, 11) is 4.61. The van der Waals surface area contributed by atoms with Crippen LogP contribution in [-0.2, 0) is 0 Å². The van der Waals surface area contributed by atoms with Gasteiger partial charge in [-0.15, -0.1) is 11.8 Å². The molecule has 0 aliphatic carbocycles. The molecule has 1 heterocycles. The van der Waals surface area contributed by atoms with Crippen LogP contribution in [0.5, 0.6) is 17.2 Å². The number of Topliss-reactive ketones (excluding diaryl/α,β-unsaturated/α-hetero) is 1. The first kappa shape index (κ1) is 19.8. The van der Waals surface area contributed by atoms with Crippen molar-refractivity contribution in [1.29, 1.82) is 0 Å². The monoisotopic (exact) mass is 384 g/mol. The predicted octanol–water partition coefficient (Wildman–Crippen LogP) is 2.16. The van der Waals surface area contributed by atoms with Crippen molar-refractivity contribution in [3.63, 3.8) is 0 Å². The van der Waals surface area contributed by atoms with Crippen molar-refractivity contribution < 1.29 is 19.0 Å². The maximum Gasteiger partial charge on any atom is 0.204 e. The van der Waals surface area contributed by atoms with Crippen LogP contribution >= 0.6 is 24.0 Å². The summed E-state index contributed by atoms with van der Waals surface area (Å²) in [6, 6.07) is 3.45. The Bertz CT molecular complexity index is 631. The summed E-state index contributed by atoms with van der Waals surface area (Å²) >= 11 is 6.91. The van der Waals surface area contributed by atoms with E-state index in [1.807, 2.05) is 6.26 Å². The lowest BCUT2D eigenvalue weighted by Gasteiger charge is -2.35. The van der Waals surface area contributed by atoms with Crippen molar-refractivity contribution in [2.24, 2.45) is 0 Å². The number of ether oxygens (including phenoxy) is 3. The molecule has 8 heteroatoms. The second kappa shape index (κ2) is 9.26. The number of benzene rings is 1. The van der Waals surface area contributed by atoms with E-state index in [1.165, 1.54) is 14.2 Å². The molecule has 25 heavy (non-hydrogen) atoms. The molecular weight excluding hydrogens is 360 g/mol. The fourth-order valence-electron chi connectivity index (χ4n) is 2.83. The normalized spacial score (nSPS) is 15.0. The zero-order chi connectivity index (χ0) is 18.4. The van der Waals surface area contributed by atoms with Gasteiger partial charge in [0, 0.05) is 26.2 Å². The SMILES string of the molecule is COc1ccc(C(=O)CN2CCN(C(=S)SC)CC2)c(OC)c1OC. The van der Waals surface area contributed by atoms with Crippen molar-refractivity contribution in [3.8, 4) is 17.2 Å². The van der Waals surface area contributed by atoms with Crippen LogP contribution in [0.25, 0.3) is 0 Å². The first-order valence-corrected chi connectivity index (χ1v) is 9.56. The zero-order valence-corrected chi connectivity index (χ0v) is 16.7. The van der Waals surface area contributed by atoms with E-state index in [0.717, 1.165) is 30.5 Å². The highest BCUT2D eigenvalue weighted by Gasteiger charge is 2.24. The van der Waals surface area contributed by atoms with E-state index in [1.54, 1.807) is 31.0 Å². The maximum atomic E-state index is 12.8. The molecule has 1 aliphatic heterocycles. The lowest BCUT2D eigenvalue weighted by Crippen LogP contribution is -2.48. The molecule has 0 unspecified atom stereocenters. The number of thioether (sulfide) groups is 1. The van der Waals surface area contributed by atoms with Crippen molar-refractivity contribution in [2.45, 2.75) is 0 Å². The lowest BCUT2D eigenvalue weighted by atomic mass is 10.1. The largest absolute Gasteiger partial charge is 0.493 e. The van der Waals surface area contributed by atoms with E-state index < -0.39 is 0 Å². The van der Waals surface area contributed by atoms with E-state index in [4.69, 9.17) is 26.4 Å². The number of hydrogen-bond acceptors (Lipinski definition) is 7. The van der Waals surface area contributed by atoms with Crippen LogP contribution in [0.1, 0.15) is 10.4 Å². The molecule has 1 aliphatic rings.